The lowest BCUT2D eigenvalue weighted by Gasteiger charge is -2.38. The van der Waals surface area contributed by atoms with Gasteiger partial charge in [-0.3, -0.25) is 4.99 Å². The van der Waals surface area contributed by atoms with Gasteiger partial charge in [0.05, 0.1) is 18.3 Å². The molecule has 0 aromatic heterocycles. The van der Waals surface area contributed by atoms with E-state index < -0.39 is 6.10 Å². The summed E-state index contributed by atoms with van der Waals surface area (Å²) in [6, 6.07) is 14.6. The van der Waals surface area contributed by atoms with Gasteiger partial charge in [0.2, 0.25) is 0 Å². The number of benzene rings is 2. The van der Waals surface area contributed by atoms with E-state index in [1.165, 1.54) is 0 Å². The Bertz CT molecular complexity index is 796. The minimum atomic E-state index is -0.673. The number of aliphatic imine (C=N–C) groups is 1. The van der Waals surface area contributed by atoms with Gasteiger partial charge in [-0.25, -0.2) is 0 Å². The Labute approximate surface area is 194 Å². The molecule has 158 valence electrons. The number of piperazine rings is 1. The number of halogens is 2. The van der Waals surface area contributed by atoms with Crippen molar-refractivity contribution >= 4 is 47.2 Å². The number of aliphatic hydroxyl groups is 1. The van der Waals surface area contributed by atoms with Gasteiger partial charge in [-0.05, 0) is 36.8 Å². The number of aromatic hydroxyl groups is 1. The third-order valence-electron chi connectivity index (χ3n) is 4.81. The van der Waals surface area contributed by atoms with Crippen molar-refractivity contribution in [2.24, 2.45) is 4.99 Å². The zero-order valence-corrected chi connectivity index (χ0v) is 19.5. The topological polar surface area (TPSA) is 71.3 Å². The van der Waals surface area contributed by atoms with Crippen molar-refractivity contribution in [3.05, 3.63) is 59.1 Å². The van der Waals surface area contributed by atoms with Crippen LogP contribution >= 0.6 is 35.6 Å². The lowest BCUT2D eigenvalue weighted by atomic mass is 10.1. The number of rotatable bonds is 5. The predicted octanol–water partition coefficient (Wildman–Crippen LogP) is 3.48. The molecule has 0 spiro atoms. The molecule has 0 saturated carbocycles. The Morgan fingerprint density at radius 2 is 1.76 bits per heavy atom. The van der Waals surface area contributed by atoms with E-state index in [1.54, 1.807) is 18.2 Å². The van der Waals surface area contributed by atoms with Crippen LogP contribution in [0.2, 0.25) is 5.02 Å². The Kier molecular flexibility index (Phi) is 9.32. The molecule has 2 aromatic rings. The number of nitrogens with zero attached hydrogens (tertiary/aromatic N) is 3. The van der Waals surface area contributed by atoms with Crippen LogP contribution in [-0.4, -0.2) is 60.3 Å². The maximum absolute atomic E-state index is 10.4. The number of nitrogens with one attached hydrogen (secondary N) is 1. The summed E-state index contributed by atoms with van der Waals surface area (Å²) in [6.07, 6.45) is -0.673. The van der Waals surface area contributed by atoms with Crippen molar-refractivity contribution < 1.29 is 10.2 Å². The highest BCUT2D eigenvalue weighted by Gasteiger charge is 2.21. The first-order valence-electron chi connectivity index (χ1n) is 9.58. The molecule has 3 N–H and O–H groups in total. The molecule has 1 aliphatic heterocycles. The van der Waals surface area contributed by atoms with Crippen molar-refractivity contribution in [2.45, 2.75) is 13.0 Å². The zero-order valence-electron chi connectivity index (χ0n) is 16.5. The summed E-state index contributed by atoms with van der Waals surface area (Å²) < 4.78 is 0. The van der Waals surface area contributed by atoms with E-state index >= 15 is 0 Å². The molecule has 6 nitrogen and oxygen atoms in total. The number of para-hydroxylation sites is 2. The Morgan fingerprint density at radius 3 is 2.38 bits per heavy atom. The number of hydrogen-bond donors (Lipinski definition) is 3. The highest BCUT2D eigenvalue weighted by molar-refractivity contribution is 14.0. The maximum atomic E-state index is 10.4. The van der Waals surface area contributed by atoms with Crippen LogP contribution < -0.4 is 10.2 Å². The van der Waals surface area contributed by atoms with E-state index in [2.05, 4.69) is 20.1 Å². The molecule has 2 aromatic carbocycles. The first-order chi connectivity index (χ1) is 13.6. The molecule has 1 heterocycles. The van der Waals surface area contributed by atoms with Crippen molar-refractivity contribution in [3.8, 4) is 5.75 Å². The van der Waals surface area contributed by atoms with E-state index in [9.17, 15) is 10.2 Å². The summed E-state index contributed by atoms with van der Waals surface area (Å²) in [5.74, 6) is 1.11. The molecule has 1 saturated heterocycles. The SMILES string of the molecule is CCNC(=NCC(O)c1ccc(Cl)cc1)N1CCN(c2ccccc2O)CC1.I. The van der Waals surface area contributed by atoms with Gasteiger partial charge < -0.3 is 25.3 Å². The van der Waals surface area contributed by atoms with Gasteiger partial charge in [0, 0.05) is 37.7 Å². The van der Waals surface area contributed by atoms with Gasteiger partial charge in [-0.15, -0.1) is 24.0 Å². The largest absolute Gasteiger partial charge is 0.506 e. The van der Waals surface area contributed by atoms with Crippen LogP contribution in [0.15, 0.2) is 53.5 Å². The lowest BCUT2D eigenvalue weighted by Crippen LogP contribution is -2.52. The fourth-order valence-corrected chi connectivity index (χ4v) is 3.41. The second-order valence-corrected chi connectivity index (χ2v) is 7.16. The molecule has 0 bridgehead atoms. The van der Waals surface area contributed by atoms with E-state index in [0.29, 0.717) is 10.8 Å². The number of phenols is 1. The molecule has 0 radical (unpaired) electrons. The first-order valence-corrected chi connectivity index (χ1v) is 9.96. The number of guanidine groups is 1. The van der Waals surface area contributed by atoms with Crippen LogP contribution in [0.1, 0.15) is 18.6 Å². The third-order valence-corrected chi connectivity index (χ3v) is 5.06. The van der Waals surface area contributed by atoms with Crippen LogP contribution in [-0.2, 0) is 0 Å². The molecule has 8 heteroatoms. The molecule has 0 amide bonds. The van der Waals surface area contributed by atoms with E-state index in [0.717, 1.165) is 49.9 Å². The van der Waals surface area contributed by atoms with Crippen molar-refractivity contribution in [2.75, 3.05) is 44.2 Å². The van der Waals surface area contributed by atoms with Crippen molar-refractivity contribution in [1.29, 1.82) is 0 Å². The smallest absolute Gasteiger partial charge is 0.194 e. The second kappa shape index (κ2) is 11.5. The molecule has 1 aliphatic rings. The maximum Gasteiger partial charge on any atom is 0.194 e. The minimum absolute atomic E-state index is 0. The summed E-state index contributed by atoms with van der Waals surface area (Å²) in [5, 5.41) is 24.4. The van der Waals surface area contributed by atoms with Crippen LogP contribution in [0.5, 0.6) is 5.75 Å². The van der Waals surface area contributed by atoms with Gasteiger partial charge in [0.1, 0.15) is 5.75 Å². The lowest BCUT2D eigenvalue weighted by molar-refractivity contribution is 0.186. The summed E-state index contributed by atoms with van der Waals surface area (Å²) in [7, 11) is 0. The van der Waals surface area contributed by atoms with Crippen LogP contribution in [0.3, 0.4) is 0 Å². The van der Waals surface area contributed by atoms with Gasteiger partial charge in [-0.2, -0.15) is 0 Å². The third kappa shape index (κ3) is 6.38. The highest BCUT2D eigenvalue weighted by atomic mass is 127. The average Bonchev–Trinajstić information content (AvgIpc) is 2.72. The molecule has 3 rings (SSSR count). The Morgan fingerprint density at radius 1 is 1.10 bits per heavy atom. The van der Waals surface area contributed by atoms with Crippen LogP contribution in [0.4, 0.5) is 5.69 Å². The number of phenolic OH excluding ortho intramolecular Hbond substituents is 1. The van der Waals surface area contributed by atoms with E-state index in [1.807, 2.05) is 37.3 Å². The van der Waals surface area contributed by atoms with Gasteiger partial charge in [0.25, 0.3) is 0 Å². The standard InChI is InChI=1S/C21H27ClN4O2.HI/c1-2-23-21(24-15-20(28)16-7-9-17(22)10-8-16)26-13-11-25(12-14-26)18-5-3-4-6-19(18)27;/h3-10,20,27-28H,2,11-15H2,1H3,(H,23,24);1H. The van der Waals surface area contributed by atoms with Crippen LogP contribution in [0.25, 0.3) is 0 Å². The number of anilines is 1. The normalized spacial score (nSPS) is 15.6. The number of hydrogen-bond acceptors (Lipinski definition) is 4. The fourth-order valence-electron chi connectivity index (χ4n) is 3.28. The Balaban J connectivity index is 0.00000300. The zero-order chi connectivity index (χ0) is 19.9. The Hall–Kier alpha value is -1.71. The number of aliphatic hydroxyl groups excluding tert-OH is 1. The monoisotopic (exact) mass is 530 g/mol. The van der Waals surface area contributed by atoms with Crippen LogP contribution in [0, 0.1) is 0 Å². The van der Waals surface area contributed by atoms with Gasteiger partial charge >= 0.3 is 0 Å². The van der Waals surface area contributed by atoms with Gasteiger partial charge in [0.15, 0.2) is 5.96 Å². The molecular weight excluding hydrogens is 503 g/mol. The average molecular weight is 531 g/mol. The highest BCUT2D eigenvalue weighted by Crippen LogP contribution is 2.27. The summed E-state index contributed by atoms with van der Waals surface area (Å²) in [4.78, 5) is 9.00. The minimum Gasteiger partial charge on any atom is -0.506 e. The van der Waals surface area contributed by atoms with E-state index in [4.69, 9.17) is 11.6 Å². The second-order valence-electron chi connectivity index (χ2n) is 6.72. The quantitative estimate of drug-likeness (QED) is 0.314. The molecule has 1 atom stereocenters. The van der Waals surface area contributed by atoms with Crippen molar-refractivity contribution in [1.82, 2.24) is 10.2 Å². The molecular formula is C21H28ClIN4O2. The first kappa shape index (κ1) is 23.6. The van der Waals surface area contributed by atoms with Crippen molar-refractivity contribution in [3.63, 3.8) is 0 Å². The summed E-state index contributed by atoms with van der Waals surface area (Å²) in [5.41, 5.74) is 1.66. The summed E-state index contributed by atoms with van der Waals surface area (Å²) >= 11 is 5.91. The molecule has 1 unspecified atom stereocenters. The fraction of sp³-hybridized carbons (Fsp3) is 0.381. The molecule has 0 aliphatic carbocycles. The predicted molar refractivity (Wildman–Crippen MR) is 130 cm³/mol. The van der Waals surface area contributed by atoms with Gasteiger partial charge in [-0.1, -0.05) is 35.9 Å². The van der Waals surface area contributed by atoms with E-state index in [-0.39, 0.29) is 30.5 Å². The molecule has 1 fully saturated rings. The molecule has 29 heavy (non-hydrogen) atoms. The summed E-state index contributed by atoms with van der Waals surface area (Å²) in [6.45, 7) is 6.24.